The maximum absolute atomic E-state index is 12.7. The summed E-state index contributed by atoms with van der Waals surface area (Å²) in [5.74, 6) is -2.38. The summed E-state index contributed by atoms with van der Waals surface area (Å²) < 4.78 is 65.8. The molecular formula is C28H54N2Na2O10S2. The Labute approximate surface area is 310 Å². The van der Waals surface area contributed by atoms with Crippen molar-refractivity contribution in [2.75, 3.05) is 50.8 Å². The van der Waals surface area contributed by atoms with E-state index in [0.717, 1.165) is 38.5 Å². The van der Waals surface area contributed by atoms with E-state index in [2.05, 4.69) is 19.1 Å². The van der Waals surface area contributed by atoms with Gasteiger partial charge in [-0.1, -0.05) is 70.4 Å². The molecule has 0 saturated heterocycles. The van der Waals surface area contributed by atoms with Crippen molar-refractivity contribution in [1.82, 2.24) is 9.80 Å². The van der Waals surface area contributed by atoms with Gasteiger partial charge < -0.3 is 29.3 Å². The molecule has 2 unspecified atom stereocenters. The van der Waals surface area contributed by atoms with Crippen LogP contribution in [0.1, 0.15) is 96.8 Å². The third-order valence-corrected chi connectivity index (χ3v) is 8.38. The minimum Gasteiger partial charge on any atom is -0.748 e. The van der Waals surface area contributed by atoms with Crippen LogP contribution in [-0.2, 0) is 25.0 Å². The van der Waals surface area contributed by atoms with Crippen LogP contribution >= 0.6 is 0 Å². The summed E-state index contributed by atoms with van der Waals surface area (Å²) in [6.45, 7) is 1.15. The van der Waals surface area contributed by atoms with E-state index in [9.17, 15) is 46.1 Å². The van der Waals surface area contributed by atoms with Crippen LogP contribution in [0.4, 0.5) is 0 Å². The van der Waals surface area contributed by atoms with Gasteiger partial charge in [-0.05, 0) is 32.1 Å². The van der Waals surface area contributed by atoms with Crippen LogP contribution in [0.2, 0.25) is 0 Å². The van der Waals surface area contributed by atoms with Crippen LogP contribution in [0.25, 0.3) is 0 Å². The maximum Gasteiger partial charge on any atom is 1.00 e. The molecule has 0 fully saturated rings. The third-order valence-electron chi connectivity index (χ3n) is 6.79. The van der Waals surface area contributed by atoms with Crippen molar-refractivity contribution in [1.29, 1.82) is 0 Å². The Morgan fingerprint density at radius 2 is 1.14 bits per heavy atom. The van der Waals surface area contributed by atoms with Crippen molar-refractivity contribution in [3.05, 3.63) is 12.2 Å². The molecule has 1 amide bonds. The predicted molar refractivity (Wildman–Crippen MR) is 161 cm³/mol. The van der Waals surface area contributed by atoms with Crippen LogP contribution in [0.5, 0.6) is 0 Å². The SMILES string of the molecule is CCCCCCCC/C=C\CCCCCCCC(=O)N(CCO)CCN(CC(O)CS(=O)(=O)[O-])CC(O)CS(=O)(=O)[O-].[Na+].[Na+]. The van der Waals surface area contributed by atoms with Crippen LogP contribution < -0.4 is 59.1 Å². The monoisotopic (exact) mass is 688 g/mol. The first-order valence-electron chi connectivity index (χ1n) is 15.3. The molecule has 0 aliphatic rings. The summed E-state index contributed by atoms with van der Waals surface area (Å²) in [7, 11) is -9.49. The number of carbonyl (C=O) groups excluding carboxylic acids is 1. The number of amides is 1. The first-order valence-corrected chi connectivity index (χ1v) is 18.4. The summed E-state index contributed by atoms with van der Waals surface area (Å²) in [5, 5.41) is 29.4. The largest absolute Gasteiger partial charge is 1.00 e. The quantitative estimate of drug-likeness (QED) is 0.0313. The van der Waals surface area contributed by atoms with E-state index < -0.39 is 57.0 Å². The zero-order valence-electron chi connectivity index (χ0n) is 27.3. The average Bonchev–Trinajstić information content (AvgIpc) is 2.86. The summed E-state index contributed by atoms with van der Waals surface area (Å²) in [6, 6.07) is 0. The smallest absolute Gasteiger partial charge is 0.748 e. The molecule has 0 aromatic carbocycles. The van der Waals surface area contributed by atoms with Crippen LogP contribution in [-0.4, -0.2) is 120 Å². The van der Waals surface area contributed by atoms with Gasteiger partial charge in [-0.3, -0.25) is 9.69 Å². The van der Waals surface area contributed by atoms with Crippen molar-refractivity contribution in [2.45, 2.75) is 109 Å². The number of aliphatic hydroxyl groups excluding tert-OH is 3. The zero-order chi connectivity index (χ0) is 31.9. The van der Waals surface area contributed by atoms with Gasteiger partial charge in [0.1, 0.15) is 0 Å². The fourth-order valence-corrected chi connectivity index (χ4v) is 5.83. The molecule has 0 aromatic heterocycles. The topological polar surface area (TPSA) is 199 Å². The van der Waals surface area contributed by atoms with E-state index in [-0.39, 0.29) is 97.7 Å². The molecule has 250 valence electrons. The molecular weight excluding hydrogens is 634 g/mol. The molecule has 3 N–H and O–H groups in total. The Morgan fingerprint density at radius 1 is 0.705 bits per heavy atom. The van der Waals surface area contributed by atoms with Gasteiger partial charge in [-0.25, -0.2) is 16.8 Å². The van der Waals surface area contributed by atoms with Crippen LogP contribution in [0.3, 0.4) is 0 Å². The zero-order valence-corrected chi connectivity index (χ0v) is 32.9. The maximum atomic E-state index is 12.7. The van der Waals surface area contributed by atoms with E-state index in [1.165, 1.54) is 48.3 Å². The molecule has 12 nitrogen and oxygen atoms in total. The fraction of sp³-hybridized carbons (Fsp3) is 0.893. The molecule has 0 aliphatic carbocycles. The Bertz CT molecular complexity index is 899. The van der Waals surface area contributed by atoms with Gasteiger partial charge in [-0.15, -0.1) is 0 Å². The van der Waals surface area contributed by atoms with Crippen LogP contribution in [0.15, 0.2) is 12.2 Å². The second-order valence-electron chi connectivity index (χ2n) is 11.0. The minimum absolute atomic E-state index is 0. The number of carbonyl (C=O) groups is 1. The standard InChI is InChI=1S/C28H56N2O10S2.2Na/c1-2-3-4-5-6-7-8-9-10-11-12-13-14-15-16-17-28(34)30(20-21-31)19-18-29(22-26(32)24-41(35,36)37)23-27(33)25-42(38,39)40;;/h9-10,26-27,31-33H,2-8,11-25H2,1H3,(H,35,36,37)(H,38,39,40);;/q;2*+1/p-2/b10-9-;;. The van der Waals surface area contributed by atoms with Crippen LogP contribution in [0, 0.1) is 0 Å². The van der Waals surface area contributed by atoms with Gasteiger partial charge in [0.2, 0.25) is 5.91 Å². The Balaban J connectivity index is -0.00000840. The number of aliphatic hydroxyl groups is 3. The van der Waals surface area contributed by atoms with E-state index in [0.29, 0.717) is 6.42 Å². The number of unbranched alkanes of at least 4 members (excludes halogenated alkanes) is 11. The van der Waals surface area contributed by atoms with Crippen molar-refractivity contribution >= 4 is 26.1 Å². The van der Waals surface area contributed by atoms with E-state index in [1.807, 2.05) is 0 Å². The van der Waals surface area contributed by atoms with Gasteiger partial charge in [0.25, 0.3) is 0 Å². The second kappa shape index (κ2) is 30.0. The molecule has 0 aromatic rings. The number of rotatable bonds is 28. The van der Waals surface area contributed by atoms with Gasteiger partial charge in [-0.2, -0.15) is 0 Å². The predicted octanol–water partition coefficient (Wildman–Crippen LogP) is -4.03. The van der Waals surface area contributed by atoms with Gasteiger partial charge in [0.15, 0.2) is 0 Å². The Hall–Kier alpha value is 0.870. The first kappa shape index (κ1) is 49.3. The van der Waals surface area contributed by atoms with Gasteiger partial charge in [0, 0.05) is 39.1 Å². The summed E-state index contributed by atoms with van der Waals surface area (Å²) in [5.41, 5.74) is 0. The Kier molecular flexibility index (Phi) is 33.5. The van der Waals surface area contributed by atoms with Gasteiger partial charge >= 0.3 is 59.1 Å². The normalized spacial score (nSPS) is 13.4. The number of hydrogen-bond acceptors (Lipinski definition) is 11. The van der Waals surface area contributed by atoms with Crippen molar-refractivity contribution in [3.63, 3.8) is 0 Å². The molecule has 0 bridgehead atoms. The molecule has 0 spiro atoms. The minimum atomic E-state index is -4.74. The van der Waals surface area contributed by atoms with Crippen molar-refractivity contribution in [3.8, 4) is 0 Å². The molecule has 16 heteroatoms. The molecule has 44 heavy (non-hydrogen) atoms. The van der Waals surface area contributed by atoms with E-state index in [4.69, 9.17) is 0 Å². The van der Waals surface area contributed by atoms with Crippen molar-refractivity contribution < 1.29 is 105 Å². The number of allylic oxidation sites excluding steroid dienone is 2. The van der Waals surface area contributed by atoms with Gasteiger partial charge in [0.05, 0.1) is 50.6 Å². The molecule has 0 radical (unpaired) electrons. The fourth-order valence-electron chi connectivity index (χ4n) is 4.68. The number of hydrogen-bond donors (Lipinski definition) is 3. The summed E-state index contributed by atoms with van der Waals surface area (Å²) >= 11 is 0. The van der Waals surface area contributed by atoms with E-state index >= 15 is 0 Å². The van der Waals surface area contributed by atoms with Crippen molar-refractivity contribution in [2.24, 2.45) is 0 Å². The number of nitrogens with zero attached hydrogens (tertiary/aromatic N) is 2. The average molecular weight is 689 g/mol. The molecule has 0 heterocycles. The summed E-state index contributed by atoms with van der Waals surface area (Å²) in [4.78, 5) is 15.4. The summed E-state index contributed by atoms with van der Waals surface area (Å²) in [6.07, 6.45) is 16.3. The molecule has 0 aliphatic heterocycles. The third kappa shape index (κ3) is 32.8. The molecule has 0 saturated carbocycles. The van der Waals surface area contributed by atoms with E-state index in [1.54, 1.807) is 0 Å². The molecule has 2 atom stereocenters. The second-order valence-corrected chi connectivity index (χ2v) is 13.9. The first-order chi connectivity index (χ1) is 19.8. The molecule has 0 rings (SSSR count). The Morgan fingerprint density at radius 3 is 1.57 bits per heavy atom.